The van der Waals surface area contributed by atoms with Crippen LogP contribution in [0.5, 0.6) is 5.75 Å². The van der Waals surface area contributed by atoms with E-state index in [-0.39, 0.29) is 30.2 Å². The lowest BCUT2D eigenvalue weighted by Gasteiger charge is -2.18. The van der Waals surface area contributed by atoms with Crippen molar-refractivity contribution in [2.75, 3.05) is 32.1 Å². The molecule has 0 N–H and O–H groups in total. The summed E-state index contributed by atoms with van der Waals surface area (Å²) in [7, 11) is 3.33. The second-order valence-corrected chi connectivity index (χ2v) is 9.81. The summed E-state index contributed by atoms with van der Waals surface area (Å²) < 4.78 is 11.3. The first-order valence-corrected chi connectivity index (χ1v) is 12.3. The maximum absolute atomic E-state index is 13.2. The van der Waals surface area contributed by atoms with Gasteiger partial charge in [0.05, 0.1) is 0 Å². The summed E-state index contributed by atoms with van der Waals surface area (Å²) in [4.78, 5) is 47.1. The molecular weight excluding hydrogens is 474 g/mol. The summed E-state index contributed by atoms with van der Waals surface area (Å²) in [6, 6.07) is 12.6. The highest BCUT2D eigenvalue weighted by atomic mass is 16.5. The van der Waals surface area contributed by atoms with Crippen molar-refractivity contribution in [2.45, 2.75) is 38.8 Å². The van der Waals surface area contributed by atoms with Crippen molar-refractivity contribution in [1.82, 2.24) is 19.9 Å². The van der Waals surface area contributed by atoms with Crippen LogP contribution in [0.3, 0.4) is 0 Å². The van der Waals surface area contributed by atoms with E-state index in [1.54, 1.807) is 37.2 Å². The van der Waals surface area contributed by atoms with Gasteiger partial charge in [0.15, 0.2) is 11.9 Å². The fourth-order valence-corrected chi connectivity index (χ4v) is 4.40. The maximum Gasteiger partial charge on any atom is 0.268 e. The van der Waals surface area contributed by atoms with Crippen LogP contribution in [-0.4, -0.2) is 71.0 Å². The standard InChI is InChI=1S/C27H29N5O5/c1-16(2)24-28-25(37-29-24)17-6-9-20(10-7-17)36-22-11-12-32(27(22)35)19-8-5-18-14-31(15-23(33)30(3)4)26(34)21(18)13-19/h5-10,13,16,22H,11-12,14-15H2,1-4H3. The average molecular weight is 504 g/mol. The van der Waals surface area contributed by atoms with Gasteiger partial charge >= 0.3 is 0 Å². The molecule has 0 spiro atoms. The quantitative estimate of drug-likeness (QED) is 0.487. The Labute approximate surface area is 214 Å². The molecule has 10 heteroatoms. The number of carbonyl (C=O) groups excluding carboxylic acids is 3. The van der Waals surface area contributed by atoms with Crippen molar-refractivity contribution in [1.29, 1.82) is 0 Å². The Morgan fingerprint density at radius 2 is 1.92 bits per heavy atom. The Balaban J connectivity index is 1.24. The topological polar surface area (TPSA) is 109 Å². The largest absolute Gasteiger partial charge is 0.481 e. The lowest BCUT2D eigenvalue weighted by atomic mass is 10.1. The number of hydrogen-bond donors (Lipinski definition) is 0. The van der Waals surface area contributed by atoms with Gasteiger partial charge in [-0.2, -0.15) is 4.98 Å². The number of fused-ring (bicyclic) bond motifs is 1. The lowest BCUT2D eigenvalue weighted by molar-refractivity contribution is -0.129. The van der Waals surface area contributed by atoms with E-state index in [0.29, 0.717) is 48.2 Å². The van der Waals surface area contributed by atoms with Crippen LogP contribution in [0, 0.1) is 0 Å². The number of aromatic nitrogens is 2. The number of carbonyl (C=O) groups is 3. The second kappa shape index (κ2) is 9.68. The van der Waals surface area contributed by atoms with Gasteiger partial charge in [-0.15, -0.1) is 0 Å². The van der Waals surface area contributed by atoms with Gasteiger partial charge in [0.2, 0.25) is 5.91 Å². The molecule has 2 aromatic carbocycles. The minimum atomic E-state index is -0.625. The van der Waals surface area contributed by atoms with E-state index in [2.05, 4.69) is 10.1 Å². The highest BCUT2D eigenvalue weighted by Crippen LogP contribution is 2.31. The van der Waals surface area contributed by atoms with Crippen molar-refractivity contribution < 1.29 is 23.6 Å². The molecule has 2 aliphatic rings. The molecule has 0 bridgehead atoms. The summed E-state index contributed by atoms with van der Waals surface area (Å²) >= 11 is 0. The van der Waals surface area contributed by atoms with Gasteiger partial charge in [0, 0.05) is 56.3 Å². The normalized spacial score (nSPS) is 17.1. The molecule has 0 radical (unpaired) electrons. The fourth-order valence-electron chi connectivity index (χ4n) is 4.40. The Morgan fingerprint density at radius 3 is 2.59 bits per heavy atom. The molecule has 1 fully saturated rings. The third-order valence-electron chi connectivity index (χ3n) is 6.60. The number of amides is 3. The first-order chi connectivity index (χ1) is 17.7. The van der Waals surface area contributed by atoms with E-state index in [0.717, 1.165) is 11.1 Å². The third-order valence-corrected chi connectivity index (χ3v) is 6.60. The van der Waals surface area contributed by atoms with Crippen molar-refractivity contribution >= 4 is 23.4 Å². The number of likely N-dealkylation sites (N-methyl/N-ethyl adjacent to an activating group) is 1. The van der Waals surface area contributed by atoms with Crippen LogP contribution in [0.15, 0.2) is 47.0 Å². The fraction of sp³-hybridized carbons (Fsp3) is 0.370. The summed E-state index contributed by atoms with van der Waals surface area (Å²) in [6.07, 6.45) is -0.101. The van der Waals surface area contributed by atoms with Gasteiger partial charge in [-0.25, -0.2) is 0 Å². The van der Waals surface area contributed by atoms with Crippen LogP contribution < -0.4 is 9.64 Å². The van der Waals surface area contributed by atoms with Crippen LogP contribution in [0.1, 0.15) is 47.9 Å². The Kier molecular flexibility index (Phi) is 6.41. The first kappa shape index (κ1) is 24.5. The van der Waals surface area contributed by atoms with Crippen molar-refractivity contribution in [3.8, 4) is 17.2 Å². The smallest absolute Gasteiger partial charge is 0.268 e. The summed E-state index contributed by atoms with van der Waals surface area (Å²) in [6.45, 7) is 4.89. The lowest BCUT2D eigenvalue weighted by Crippen LogP contribution is -2.36. The molecule has 3 amide bonds. The predicted octanol–water partition coefficient (Wildman–Crippen LogP) is 3.09. The summed E-state index contributed by atoms with van der Waals surface area (Å²) in [5, 5.41) is 3.99. The van der Waals surface area contributed by atoms with Crippen molar-refractivity contribution in [3.05, 3.63) is 59.4 Å². The van der Waals surface area contributed by atoms with Gasteiger partial charge in [-0.05, 0) is 42.0 Å². The number of rotatable bonds is 7. The van der Waals surface area contributed by atoms with Crippen LogP contribution in [0.2, 0.25) is 0 Å². The minimum Gasteiger partial charge on any atom is -0.481 e. The van der Waals surface area contributed by atoms with Crippen LogP contribution >= 0.6 is 0 Å². The number of benzene rings is 2. The molecule has 1 unspecified atom stereocenters. The van der Waals surface area contributed by atoms with Gasteiger partial charge in [-0.3, -0.25) is 14.4 Å². The van der Waals surface area contributed by atoms with Gasteiger partial charge in [0.1, 0.15) is 12.3 Å². The van der Waals surface area contributed by atoms with E-state index >= 15 is 0 Å². The maximum atomic E-state index is 13.2. The molecule has 5 rings (SSSR count). The van der Waals surface area contributed by atoms with E-state index in [1.807, 2.05) is 38.1 Å². The minimum absolute atomic E-state index is 0.0264. The molecule has 0 aliphatic carbocycles. The zero-order valence-corrected chi connectivity index (χ0v) is 21.3. The SMILES string of the molecule is CC(C)c1noc(-c2ccc(OC3CCN(c4ccc5c(c4)C(=O)N(CC(=O)N(C)C)C5)C3=O)cc2)n1. The third kappa shape index (κ3) is 4.78. The first-order valence-electron chi connectivity index (χ1n) is 12.3. The van der Waals surface area contributed by atoms with Gasteiger partial charge in [0.25, 0.3) is 17.7 Å². The molecular formula is C27H29N5O5. The number of hydrogen-bond acceptors (Lipinski definition) is 7. The molecule has 1 aromatic heterocycles. The Bertz CT molecular complexity index is 1350. The number of ether oxygens (including phenoxy) is 1. The molecule has 2 aliphatic heterocycles. The number of anilines is 1. The van der Waals surface area contributed by atoms with E-state index in [4.69, 9.17) is 9.26 Å². The molecule has 3 aromatic rings. The summed E-state index contributed by atoms with van der Waals surface area (Å²) in [5.74, 6) is 1.33. The van der Waals surface area contributed by atoms with E-state index in [1.165, 1.54) is 9.80 Å². The zero-order chi connectivity index (χ0) is 26.3. The predicted molar refractivity (Wildman–Crippen MR) is 135 cm³/mol. The molecule has 3 heterocycles. The van der Waals surface area contributed by atoms with E-state index < -0.39 is 6.10 Å². The van der Waals surface area contributed by atoms with E-state index in [9.17, 15) is 14.4 Å². The Morgan fingerprint density at radius 1 is 1.16 bits per heavy atom. The van der Waals surface area contributed by atoms with Crippen LogP contribution in [-0.2, 0) is 16.1 Å². The van der Waals surface area contributed by atoms with Gasteiger partial charge in [-0.1, -0.05) is 25.1 Å². The molecule has 1 atom stereocenters. The zero-order valence-electron chi connectivity index (χ0n) is 21.3. The van der Waals surface area contributed by atoms with Crippen LogP contribution in [0.4, 0.5) is 5.69 Å². The van der Waals surface area contributed by atoms with Gasteiger partial charge < -0.3 is 24.0 Å². The highest BCUT2D eigenvalue weighted by molar-refractivity contribution is 6.03. The monoisotopic (exact) mass is 503 g/mol. The second-order valence-electron chi connectivity index (χ2n) is 9.81. The molecule has 10 nitrogen and oxygen atoms in total. The average Bonchev–Trinajstić information content (AvgIpc) is 3.58. The molecule has 1 saturated heterocycles. The molecule has 192 valence electrons. The highest BCUT2D eigenvalue weighted by Gasteiger charge is 2.36. The molecule has 0 saturated carbocycles. The van der Waals surface area contributed by atoms with Crippen LogP contribution in [0.25, 0.3) is 11.5 Å². The molecule has 37 heavy (non-hydrogen) atoms. The summed E-state index contributed by atoms with van der Waals surface area (Å²) in [5.41, 5.74) is 2.80. The van der Waals surface area contributed by atoms with Crippen molar-refractivity contribution in [2.24, 2.45) is 0 Å². The Hall–Kier alpha value is -4.21. The van der Waals surface area contributed by atoms with Crippen molar-refractivity contribution in [3.63, 3.8) is 0 Å². The number of nitrogens with zero attached hydrogens (tertiary/aromatic N) is 5.